The lowest BCUT2D eigenvalue weighted by atomic mass is 9.77. The molecule has 0 bridgehead atoms. The Bertz CT molecular complexity index is 278. The van der Waals surface area contributed by atoms with Gasteiger partial charge in [0.1, 0.15) is 0 Å². The van der Waals surface area contributed by atoms with Gasteiger partial charge in [-0.05, 0) is 64.5 Å². The minimum atomic E-state index is -0.264. The summed E-state index contributed by atoms with van der Waals surface area (Å²) in [6.07, 6.45) is 3.60. The van der Waals surface area contributed by atoms with E-state index in [1.807, 2.05) is 0 Å². The Kier molecular flexibility index (Phi) is 6.49. The van der Waals surface area contributed by atoms with Crippen LogP contribution in [0.3, 0.4) is 0 Å². The van der Waals surface area contributed by atoms with Gasteiger partial charge < -0.3 is 15.3 Å². The minimum Gasteiger partial charge on any atom is -0.390 e. The van der Waals surface area contributed by atoms with Crippen molar-refractivity contribution in [2.75, 3.05) is 26.2 Å². The summed E-state index contributed by atoms with van der Waals surface area (Å²) in [4.78, 5) is 2.45. The highest BCUT2D eigenvalue weighted by molar-refractivity contribution is 4.80. The van der Waals surface area contributed by atoms with Crippen molar-refractivity contribution in [3.05, 3.63) is 0 Å². The highest BCUT2D eigenvalue weighted by atomic mass is 16.3. The zero-order valence-corrected chi connectivity index (χ0v) is 14.5. The molecule has 0 spiro atoms. The van der Waals surface area contributed by atoms with Crippen LogP contribution >= 0.6 is 0 Å². The molecule has 20 heavy (non-hydrogen) atoms. The molecule has 0 aromatic heterocycles. The van der Waals surface area contributed by atoms with Gasteiger partial charge in [0.2, 0.25) is 0 Å². The first kappa shape index (κ1) is 17.9. The van der Waals surface area contributed by atoms with Crippen molar-refractivity contribution in [3.63, 3.8) is 0 Å². The monoisotopic (exact) mass is 284 g/mol. The molecule has 1 heterocycles. The van der Waals surface area contributed by atoms with Gasteiger partial charge in [0, 0.05) is 18.6 Å². The average Bonchev–Trinajstić information content (AvgIpc) is 2.50. The van der Waals surface area contributed by atoms with Crippen LogP contribution in [0, 0.1) is 11.3 Å². The molecule has 2 N–H and O–H groups in total. The molecule has 1 fully saturated rings. The summed E-state index contributed by atoms with van der Waals surface area (Å²) in [5.74, 6) is 0.817. The van der Waals surface area contributed by atoms with E-state index in [0.29, 0.717) is 12.0 Å². The van der Waals surface area contributed by atoms with Gasteiger partial charge in [0.15, 0.2) is 0 Å². The van der Waals surface area contributed by atoms with E-state index in [0.717, 1.165) is 25.6 Å². The minimum absolute atomic E-state index is 0.0805. The number of aliphatic hydroxyl groups excluding tert-OH is 1. The van der Waals surface area contributed by atoms with Crippen LogP contribution in [0.1, 0.15) is 60.8 Å². The molecule has 0 aliphatic carbocycles. The van der Waals surface area contributed by atoms with E-state index in [9.17, 15) is 5.11 Å². The summed E-state index contributed by atoms with van der Waals surface area (Å²) in [6, 6.07) is 0. The molecule has 2 atom stereocenters. The summed E-state index contributed by atoms with van der Waals surface area (Å²) in [6.45, 7) is 17.2. The molecule has 0 amide bonds. The van der Waals surface area contributed by atoms with Gasteiger partial charge in [-0.15, -0.1) is 0 Å². The molecule has 1 rings (SSSR count). The lowest BCUT2D eigenvalue weighted by Crippen LogP contribution is -2.45. The van der Waals surface area contributed by atoms with Gasteiger partial charge in [-0.25, -0.2) is 0 Å². The van der Waals surface area contributed by atoms with E-state index in [1.54, 1.807) is 0 Å². The van der Waals surface area contributed by atoms with E-state index in [4.69, 9.17) is 0 Å². The Balaban J connectivity index is 2.35. The largest absolute Gasteiger partial charge is 0.390 e. The Morgan fingerprint density at radius 1 is 1.10 bits per heavy atom. The maximum atomic E-state index is 10.2. The SMILES string of the molecule is CC(C)(C)NCC(O)CN1CCCC(C(C)(C)C)CC1. The molecule has 120 valence electrons. The van der Waals surface area contributed by atoms with Crippen molar-refractivity contribution >= 4 is 0 Å². The second kappa shape index (κ2) is 7.24. The highest BCUT2D eigenvalue weighted by Gasteiger charge is 2.27. The van der Waals surface area contributed by atoms with Crippen molar-refractivity contribution in [1.29, 1.82) is 0 Å². The maximum absolute atomic E-state index is 10.2. The van der Waals surface area contributed by atoms with Crippen LogP contribution in [0.25, 0.3) is 0 Å². The van der Waals surface area contributed by atoms with Crippen molar-refractivity contribution in [3.8, 4) is 0 Å². The predicted molar refractivity (Wildman–Crippen MR) is 87.0 cm³/mol. The molecule has 0 saturated carbocycles. The number of likely N-dealkylation sites (tertiary alicyclic amines) is 1. The molecule has 1 saturated heterocycles. The fraction of sp³-hybridized carbons (Fsp3) is 1.00. The van der Waals surface area contributed by atoms with Crippen LogP contribution in [0.2, 0.25) is 0 Å². The van der Waals surface area contributed by atoms with E-state index in [-0.39, 0.29) is 11.6 Å². The number of nitrogens with zero attached hydrogens (tertiary/aromatic N) is 1. The fourth-order valence-electron chi connectivity index (χ4n) is 2.99. The fourth-order valence-corrected chi connectivity index (χ4v) is 2.99. The second-order valence-electron chi connectivity index (χ2n) is 8.58. The third-order valence-electron chi connectivity index (χ3n) is 4.38. The summed E-state index contributed by atoms with van der Waals surface area (Å²) in [5, 5.41) is 13.6. The molecular formula is C17H36N2O. The molecule has 1 aliphatic rings. The van der Waals surface area contributed by atoms with E-state index >= 15 is 0 Å². The number of β-amino-alcohol motifs (C(OH)–C–C–N with tert-alkyl or cyclic N) is 1. The molecule has 3 heteroatoms. The normalized spacial score (nSPS) is 24.4. The summed E-state index contributed by atoms with van der Waals surface area (Å²) >= 11 is 0. The Labute approximate surface area is 126 Å². The highest BCUT2D eigenvalue weighted by Crippen LogP contribution is 2.34. The van der Waals surface area contributed by atoms with Crippen LogP contribution in [0.4, 0.5) is 0 Å². The summed E-state index contributed by atoms with van der Waals surface area (Å²) < 4.78 is 0. The molecular weight excluding hydrogens is 248 g/mol. The van der Waals surface area contributed by atoms with E-state index in [2.05, 4.69) is 51.8 Å². The first-order valence-electron chi connectivity index (χ1n) is 8.23. The lowest BCUT2D eigenvalue weighted by molar-refractivity contribution is 0.105. The van der Waals surface area contributed by atoms with Gasteiger partial charge in [-0.3, -0.25) is 0 Å². The van der Waals surface area contributed by atoms with Crippen molar-refractivity contribution < 1.29 is 5.11 Å². The Morgan fingerprint density at radius 3 is 2.30 bits per heavy atom. The molecule has 1 aliphatic heterocycles. The maximum Gasteiger partial charge on any atom is 0.0791 e. The van der Waals surface area contributed by atoms with Crippen molar-refractivity contribution in [1.82, 2.24) is 10.2 Å². The number of aliphatic hydroxyl groups is 1. The topological polar surface area (TPSA) is 35.5 Å². The third-order valence-corrected chi connectivity index (χ3v) is 4.38. The molecule has 0 aromatic rings. The molecule has 3 nitrogen and oxygen atoms in total. The van der Waals surface area contributed by atoms with Crippen LogP contribution in [-0.4, -0.2) is 47.8 Å². The number of hydrogen-bond donors (Lipinski definition) is 2. The zero-order valence-electron chi connectivity index (χ0n) is 14.5. The quantitative estimate of drug-likeness (QED) is 0.833. The predicted octanol–water partition coefficient (Wildman–Crippen LogP) is 2.88. The zero-order chi connectivity index (χ0) is 15.4. The van der Waals surface area contributed by atoms with Crippen LogP contribution in [0.5, 0.6) is 0 Å². The van der Waals surface area contributed by atoms with Gasteiger partial charge in [0.05, 0.1) is 6.10 Å². The van der Waals surface area contributed by atoms with Crippen LogP contribution in [-0.2, 0) is 0 Å². The third kappa shape index (κ3) is 7.05. The van der Waals surface area contributed by atoms with Gasteiger partial charge >= 0.3 is 0 Å². The Hall–Kier alpha value is -0.120. The van der Waals surface area contributed by atoms with Crippen LogP contribution in [0.15, 0.2) is 0 Å². The van der Waals surface area contributed by atoms with E-state index in [1.165, 1.54) is 19.3 Å². The van der Waals surface area contributed by atoms with Crippen LogP contribution < -0.4 is 5.32 Å². The number of nitrogens with one attached hydrogen (secondary N) is 1. The molecule has 0 radical (unpaired) electrons. The Morgan fingerprint density at radius 2 is 1.75 bits per heavy atom. The number of rotatable bonds is 4. The van der Waals surface area contributed by atoms with Crippen molar-refractivity contribution in [2.45, 2.75) is 72.4 Å². The standard InChI is InChI=1S/C17H36N2O/c1-16(2,3)14-8-7-10-19(11-9-14)13-15(20)12-18-17(4,5)6/h14-15,18,20H,7-13H2,1-6H3. The summed E-state index contributed by atoms with van der Waals surface area (Å²) in [7, 11) is 0. The number of hydrogen-bond acceptors (Lipinski definition) is 3. The average molecular weight is 284 g/mol. The van der Waals surface area contributed by atoms with Gasteiger partial charge in [0.25, 0.3) is 0 Å². The first-order chi connectivity index (χ1) is 9.08. The molecule has 2 unspecified atom stereocenters. The van der Waals surface area contributed by atoms with Gasteiger partial charge in [-0.2, -0.15) is 0 Å². The lowest BCUT2D eigenvalue weighted by Gasteiger charge is -2.30. The first-order valence-corrected chi connectivity index (χ1v) is 8.23. The second-order valence-corrected chi connectivity index (χ2v) is 8.58. The van der Waals surface area contributed by atoms with Gasteiger partial charge in [-0.1, -0.05) is 20.8 Å². The van der Waals surface area contributed by atoms with Crippen molar-refractivity contribution in [2.24, 2.45) is 11.3 Å². The van der Waals surface area contributed by atoms with E-state index < -0.39 is 0 Å². The summed E-state index contributed by atoms with van der Waals surface area (Å²) in [5.41, 5.74) is 0.500. The smallest absolute Gasteiger partial charge is 0.0791 e. The molecule has 0 aromatic carbocycles.